The van der Waals surface area contributed by atoms with Gasteiger partial charge in [-0.15, -0.1) is 0 Å². The van der Waals surface area contributed by atoms with Gasteiger partial charge in [0.05, 0.1) is 5.52 Å². The Bertz CT molecular complexity index is 781. The second kappa shape index (κ2) is 5.13. The van der Waals surface area contributed by atoms with Crippen LogP contribution in [-0.4, -0.2) is 10.9 Å². The predicted molar refractivity (Wildman–Crippen MR) is 80.9 cm³/mol. The smallest absolute Gasteiger partial charge is 0.255 e. The maximum Gasteiger partial charge on any atom is 0.255 e. The molecular formula is C17H14N2O. The Balaban J connectivity index is 1.87. The van der Waals surface area contributed by atoms with E-state index in [0.717, 1.165) is 22.2 Å². The summed E-state index contributed by atoms with van der Waals surface area (Å²) in [7, 11) is 0. The average Bonchev–Trinajstić information content (AvgIpc) is 2.47. The third-order valence-corrected chi connectivity index (χ3v) is 3.14. The highest BCUT2D eigenvalue weighted by atomic mass is 16.1. The molecule has 1 heterocycles. The van der Waals surface area contributed by atoms with Gasteiger partial charge in [0.1, 0.15) is 0 Å². The van der Waals surface area contributed by atoms with Crippen LogP contribution in [0.5, 0.6) is 0 Å². The number of carbonyl (C=O) groups is 1. The van der Waals surface area contributed by atoms with Crippen LogP contribution in [0.1, 0.15) is 15.9 Å². The quantitative estimate of drug-likeness (QED) is 0.763. The fourth-order valence-electron chi connectivity index (χ4n) is 2.14. The van der Waals surface area contributed by atoms with Crippen LogP contribution >= 0.6 is 0 Å². The number of nitrogens with one attached hydrogen (secondary N) is 1. The Morgan fingerprint density at radius 1 is 1.05 bits per heavy atom. The fraction of sp³-hybridized carbons (Fsp3) is 0.0588. The van der Waals surface area contributed by atoms with Gasteiger partial charge in [-0.05, 0) is 43.3 Å². The van der Waals surface area contributed by atoms with Crippen molar-refractivity contribution in [2.45, 2.75) is 6.92 Å². The third kappa shape index (κ3) is 2.52. The number of hydrogen-bond donors (Lipinski definition) is 1. The van der Waals surface area contributed by atoms with Crippen molar-refractivity contribution in [2.75, 3.05) is 5.32 Å². The number of rotatable bonds is 2. The lowest BCUT2D eigenvalue weighted by molar-refractivity contribution is 0.102. The van der Waals surface area contributed by atoms with Gasteiger partial charge in [-0.2, -0.15) is 0 Å². The van der Waals surface area contributed by atoms with Crippen LogP contribution in [0.25, 0.3) is 10.9 Å². The Kier molecular flexibility index (Phi) is 3.17. The molecule has 0 unspecified atom stereocenters. The molecule has 0 fully saturated rings. The molecule has 0 aliphatic heterocycles. The number of carbonyl (C=O) groups excluding carboxylic acids is 1. The molecule has 3 nitrogen and oxygen atoms in total. The van der Waals surface area contributed by atoms with Crippen LogP contribution in [0.2, 0.25) is 0 Å². The van der Waals surface area contributed by atoms with Crippen molar-refractivity contribution in [3.63, 3.8) is 0 Å². The van der Waals surface area contributed by atoms with Crippen molar-refractivity contribution < 1.29 is 4.79 Å². The molecule has 0 atom stereocenters. The molecule has 0 saturated heterocycles. The Morgan fingerprint density at radius 2 is 1.95 bits per heavy atom. The van der Waals surface area contributed by atoms with Crippen LogP contribution in [-0.2, 0) is 0 Å². The minimum Gasteiger partial charge on any atom is -0.322 e. The summed E-state index contributed by atoms with van der Waals surface area (Å²) in [5.74, 6) is -0.100. The summed E-state index contributed by atoms with van der Waals surface area (Å²) in [6.45, 7) is 1.97. The lowest BCUT2D eigenvalue weighted by Crippen LogP contribution is -2.11. The number of aromatic nitrogens is 1. The first-order valence-electron chi connectivity index (χ1n) is 6.45. The summed E-state index contributed by atoms with van der Waals surface area (Å²) < 4.78 is 0. The van der Waals surface area contributed by atoms with E-state index < -0.39 is 0 Å². The Hall–Kier alpha value is -2.68. The molecule has 2 aromatic carbocycles. The summed E-state index contributed by atoms with van der Waals surface area (Å²) >= 11 is 0. The Morgan fingerprint density at radius 3 is 2.80 bits per heavy atom. The topological polar surface area (TPSA) is 42.0 Å². The van der Waals surface area contributed by atoms with Crippen molar-refractivity contribution in [1.29, 1.82) is 0 Å². The number of amides is 1. The fourth-order valence-corrected chi connectivity index (χ4v) is 2.14. The standard InChI is InChI=1S/C17H14N2O/c1-12-4-2-5-14(10-12)17(20)19-15-7-8-16-13(11-15)6-3-9-18-16/h2-11H,1H3,(H,19,20). The lowest BCUT2D eigenvalue weighted by Gasteiger charge is -2.07. The van der Waals surface area contributed by atoms with Crippen LogP contribution < -0.4 is 5.32 Å². The summed E-state index contributed by atoms with van der Waals surface area (Å²) in [5.41, 5.74) is 3.43. The third-order valence-electron chi connectivity index (χ3n) is 3.14. The van der Waals surface area contributed by atoms with Crippen LogP contribution in [0, 0.1) is 6.92 Å². The number of anilines is 1. The number of aryl methyl sites for hydroxylation is 1. The second-order valence-corrected chi connectivity index (χ2v) is 4.73. The summed E-state index contributed by atoms with van der Waals surface area (Å²) in [4.78, 5) is 16.4. The van der Waals surface area contributed by atoms with E-state index >= 15 is 0 Å². The summed E-state index contributed by atoms with van der Waals surface area (Å²) in [6, 6.07) is 17.1. The molecule has 1 N–H and O–H groups in total. The van der Waals surface area contributed by atoms with Crippen LogP contribution in [0.15, 0.2) is 60.8 Å². The van der Waals surface area contributed by atoms with Crippen molar-refractivity contribution in [3.8, 4) is 0 Å². The van der Waals surface area contributed by atoms with E-state index in [1.807, 2.05) is 61.5 Å². The van der Waals surface area contributed by atoms with Crippen LogP contribution in [0.3, 0.4) is 0 Å². The van der Waals surface area contributed by atoms with Crippen molar-refractivity contribution >= 4 is 22.5 Å². The van der Waals surface area contributed by atoms with E-state index in [2.05, 4.69) is 10.3 Å². The first kappa shape index (κ1) is 12.4. The highest BCUT2D eigenvalue weighted by Gasteiger charge is 2.06. The largest absolute Gasteiger partial charge is 0.322 e. The molecule has 0 aliphatic rings. The van der Waals surface area contributed by atoms with Gasteiger partial charge in [-0.25, -0.2) is 0 Å². The number of fused-ring (bicyclic) bond motifs is 1. The van der Waals surface area contributed by atoms with Gasteiger partial charge in [0.2, 0.25) is 0 Å². The molecular weight excluding hydrogens is 248 g/mol. The van der Waals surface area contributed by atoms with E-state index in [1.54, 1.807) is 6.20 Å². The minimum atomic E-state index is -0.100. The van der Waals surface area contributed by atoms with Gasteiger partial charge >= 0.3 is 0 Å². The first-order chi connectivity index (χ1) is 9.72. The molecule has 0 saturated carbocycles. The van der Waals surface area contributed by atoms with E-state index in [4.69, 9.17) is 0 Å². The van der Waals surface area contributed by atoms with Gasteiger partial charge < -0.3 is 5.32 Å². The highest BCUT2D eigenvalue weighted by molar-refractivity contribution is 6.05. The van der Waals surface area contributed by atoms with Crippen molar-refractivity contribution in [3.05, 3.63) is 71.9 Å². The van der Waals surface area contributed by atoms with Crippen LogP contribution in [0.4, 0.5) is 5.69 Å². The predicted octanol–water partition coefficient (Wildman–Crippen LogP) is 3.80. The molecule has 3 aromatic rings. The van der Waals surface area contributed by atoms with Gasteiger partial charge in [-0.1, -0.05) is 23.8 Å². The van der Waals surface area contributed by atoms with E-state index in [0.29, 0.717) is 5.56 Å². The van der Waals surface area contributed by atoms with Crippen molar-refractivity contribution in [1.82, 2.24) is 4.98 Å². The second-order valence-electron chi connectivity index (χ2n) is 4.73. The normalized spacial score (nSPS) is 10.4. The zero-order valence-corrected chi connectivity index (χ0v) is 11.1. The van der Waals surface area contributed by atoms with E-state index in [-0.39, 0.29) is 5.91 Å². The number of pyridine rings is 1. The molecule has 0 bridgehead atoms. The molecule has 0 radical (unpaired) electrons. The summed E-state index contributed by atoms with van der Waals surface area (Å²) in [6.07, 6.45) is 1.76. The number of hydrogen-bond acceptors (Lipinski definition) is 2. The van der Waals surface area contributed by atoms with Gasteiger partial charge in [0, 0.05) is 22.8 Å². The maximum atomic E-state index is 12.2. The van der Waals surface area contributed by atoms with Gasteiger partial charge in [0.15, 0.2) is 0 Å². The molecule has 98 valence electrons. The van der Waals surface area contributed by atoms with Gasteiger partial charge in [-0.3, -0.25) is 9.78 Å². The molecule has 1 amide bonds. The minimum absolute atomic E-state index is 0.100. The molecule has 1 aromatic heterocycles. The zero-order valence-electron chi connectivity index (χ0n) is 11.1. The summed E-state index contributed by atoms with van der Waals surface area (Å²) in [5, 5.41) is 3.92. The molecule has 3 rings (SSSR count). The molecule has 20 heavy (non-hydrogen) atoms. The maximum absolute atomic E-state index is 12.2. The van der Waals surface area contributed by atoms with E-state index in [1.165, 1.54) is 0 Å². The van der Waals surface area contributed by atoms with Gasteiger partial charge in [0.25, 0.3) is 5.91 Å². The SMILES string of the molecule is Cc1cccc(C(=O)Nc2ccc3ncccc3c2)c1. The average molecular weight is 262 g/mol. The zero-order chi connectivity index (χ0) is 13.9. The first-order valence-corrected chi connectivity index (χ1v) is 6.45. The van der Waals surface area contributed by atoms with E-state index in [9.17, 15) is 4.79 Å². The number of benzene rings is 2. The number of nitrogens with zero attached hydrogens (tertiary/aromatic N) is 1. The highest BCUT2D eigenvalue weighted by Crippen LogP contribution is 2.17. The lowest BCUT2D eigenvalue weighted by atomic mass is 10.1. The molecule has 3 heteroatoms. The van der Waals surface area contributed by atoms with Crippen molar-refractivity contribution in [2.24, 2.45) is 0 Å². The monoisotopic (exact) mass is 262 g/mol. The molecule has 0 aliphatic carbocycles. The molecule has 0 spiro atoms. The Labute approximate surface area is 117 Å².